The first-order valence-electron chi connectivity index (χ1n) is 4.17. The molecule has 1 aromatic heterocycles. The highest BCUT2D eigenvalue weighted by molar-refractivity contribution is 9.10. The maximum atomic E-state index is 11.3. The Kier molecular flexibility index (Phi) is 4.02. The van der Waals surface area contributed by atoms with E-state index < -0.39 is 0 Å². The summed E-state index contributed by atoms with van der Waals surface area (Å²) < 4.78 is 4.87. The molecule has 1 N–H and O–H groups in total. The molecule has 0 aliphatic heterocycles. The summed E-state index contributed by atoms with van der Waals surface area (Å²) in [7, 11) is 0. The number of nitrogens with one attached hydrogen (secondary N) is 1. The van der Waals surface area contributed by atoms with Crippen molar-refractivity contribution in [3.05, 3.63) is 24.2 Å². The van der Waals surface area contributed by atoms with Crippen molar-refractivity contribution in [2.24, 2.45) is 0 Å². The van der Waals surface area contributed by atoms with Gasteiger partial charge in [0.15, 0.2) is 0 Å². The Morgan fingerprint density at radius 1 is 1.77 bits per heavy atom. The van der Waals surface area contributed by atoms with Gasteiger partial charge in [-0.15, -0.1) is 0 Å². The molecule has 0 aliphatic carbocycles. The van der Waals surface area contributed by atoms with Gasteiger partial charge in [-0.25, -0.2) is 0 Å². The van der Waals surface area contributed by atoms with Gasteiger partial charge in [0.1, 0.15) is 0 Å². The number of halogens is 1. The Hall–Kier alpha value is -0.770. The average molecular weight is 246 g/mol. The molecule has 0 saturated carbocycles. The fourth-order valence-corrected chi connectivity index (χ4v) is 1.04. The van der Waals surface area contributed by atoms with Gasteiger partial charge in [0, 0.05) is 12.1 Å². The van der Waals surface area contributed by atoms with Gasteiger partial charge in [-0.1, -0.05) is 22.9 Å². The van der Waals surface area contributed by atoms with Gasteiger partial charge in [-0.3, -0.25) is 4.79 Å². The van der Waals surface area contributed by atoms with Gasteiger partial charge in [0.2, 0.25) is 5.91 Å². The van der Waals surface area contributed by atoms with Crippen LogP contribution in [0.3, 0.4) is 0 Å². The Balaban J connectivity index is 2.31. The maximum Gasteiger partial charge on any atom is 0.234 e. The standard InChI is InChI=1S/C9H12BrNO2/c1-2-8(10)9(12)11-5-7-3-4-13-6-7/h3-4,6,8H,2,5H2,1H3,(H,11,12). The third-order valence-corrected chi connectivity index (χ3v) is 2.75. The lowest BCUT2D eigenvalue weighted by Crippen LogP contribution is -2.29. The minimum atomic E-state index is -0.0978. The monoisotopic (exact) mass is 245 g/mol. The Morgan fingerprint density at radius 2 is 2.54 bits per heavy atom. The van der Waals surface area contributed by atoms with Crippen LogP contribution < -0.4 is 5.32 Å². The summed E-state index contributed by atoms with van der Waals surface area (Å²) >= 11 is 3.27. The number of hydrogen-bond donors (Lipinski definition) is 1. The topological polar surface area (TPSA) is 42.2 Å². The van der Waals surface area contributed by atoms with Crippen molar-refractivity contribution in [3.8, 4) is 0 Å². The number of alkyl halides is 1. The molecule has 1 amide bonds. The Labute approximate surface area is 85.6 Å². The maximum absolute atomic E-state index is 11.3. The molecule has 0 aromatic carbocycles. The van der Waals surface area contributed by atoms with Crippen LogP contribution in [0.15, 0.2) is 23.0 Å². The fraction of sp³-hybridized carbons (Fsp3) is 0.444. The second-order valence-corrected chi connectivity index (χ2v) is 3.83. The van der Waals surface area contributed by atoms with Crippen molar-refractivity contribution in [1.82, 2.24) is 5.32 Å². The summed E-state index contributed by atoms with van der Waals surface area (Å²) in [5.74, 6) is 0.0173. The zero-order valence-electron chi connectivity index (χ0n) is 7.42. The predicted molar refractivity (Wildman–Crippen MR) is 53.6 cm³/mol. The number of amides is 1. The molecule has 0 aliphatic rings. The average Bonchev–Trinajstić information content (AvgIpc) is 2.65. The first-order valence-corrected chi connectivity index (χ1v) is 5.08. The van der Waals surface area contributed by atoms with Gasteiger partial charge < -0.3 is 9.73 Å². The van der Waals surface area contributed by atoms with Crippen LogP contribution in [0.1, 0.15) is 18.9 Å². The van der Waals surface area contributed by atoms with Crippen molar-refractivity contribution < 1.29 is 9.21 Å². The lowest BCUT2D eigenvalue weighted by Gasteiger charge is -2.06. The molecule has 0 spiro atoms. The first-order chi connectivity index (χ1) is 6.24. The zero-order valence-corrected chi connectivity index (χ0v) is 9.00. The highest BCUT2D eigenvalue weighted by Crippen LogP contribution is 2.05. The Morgan fingerprint density at radius 3 is 3.08 bits per heavy atom. The summed E-state index contributed by atoms with van der Waals surface area (Å²) in [5, 5.41) is 2.79. The lowest BCUT2D eigenvalue weighted by molar-refractivity contribution is -0.120. The molecule has 72 valence electrons. The van der Waals surface area contributed by atoms with E-state index in [1.165, 1.54) is 0 Å². The minimum absolute atomic E-state index is 0.0173. The molecule has 1 unspecified atom stereocenters. The molecule has 3 nitrogen and oxygen atoms in total. The number of furan rings is 1. The minimum Gasteiger partial charge on any atom is -0.472 e. The SMILES string of the molecule is CCC(Br)C(=O)NCc1ccoc1. The molecule has 1 rings (SSSR count). The molecule has 1 atom stereocenters. The van der Waals surface area contributed by atoms with E-state index in [4.69, 9.17) is 4.42 Å². The molecule has 13 heavy (non-hydrogen) atoms. The Bertz CT molecular complexity index is 259. The summed E-state index contributed by atoms with van der Waals surface area (Å²) in [6.07, 6.45) is 4.00. The third kappa shape index (κ3) is 3.22. The van der Waals surface area contributed by atoms with E-state index in [0.717, 1.165) is 12.0 Å². The van der Waals surface area contributed by atoms with Crippen LogP contribution in [0.25, 0.3) is 0 Å². The smallest absolute Gasteiger partial charge is 0.234 e. The number of hydrogen-bond acceptors (Lipinski definition) is 2. The molecule has 1 heterocycles. The van der Waals surface area contributed by atoms with Crippen molar-refractivity contribution in [2.75, 3.05) is 0 Å². The molecule has 0 radical (unpaired) electrons. The van der Waals surface area contributed by atoms with E-state index in [9.17, 15) is 4.79 Å². The highest BCUT2D eigenvalue weighted by atomic mass is 79.9. The summed E-state index contributed by atoms with van der Waals surface area (Å²) in [6.45, 7) is 2.48. The van der Waals surface area contributed by atoms with E-state index >= 15 is 0 Å². The predicted octanol–water partition coefficient (Wildman–Crippen LogP) is 2.07. The number of carbonyl (C=O) groups is 1. The number of carbonyl (C=O) groups excluding carboxylic acids is 1. The summed E-state index contributed by atoms with van der Waals surface area (Å²) in [5.41, 5.74) is 0.976. The molecular formula is C9H12BrNO2. The fourth-order valence-electron chi connectivity index (χ4n) is 0.879. The molecule has 1 aromatic rings. The molecule has 0 fully saturated rings. The van der Waals surface area contributed by atoms with Crippen LogP contribution in [0.4, 0.5) is 0 Å². The third-order valence-electron chi connectivity index (χ3n) is 1.69. The lowest BCUT2D eigenvalue weighted by atomic mass is 10.3. The van der Waals surface area contributed by atoms with Crippen LogP contribution in [0.5, 0.6) is 0 Å². The molecule has 4 heteroatoms. The largest absolute Gasteiger partial charge is 0.472 e. The van der Waals surface area contributed by atoms with Gasteiger partial charge in [-0.2, -0.15) is 0 Å². The summed E-state index contributed by atoms with van der Waals surface area (Å²) in [6, 6.07) is 1.83. The second-order valence-electron chi connectivity index (χ2n) is 2.73. The molecule has 0 saturated heterocycles. The normalized spacial score (nSPS) is 12.5. The van der Waals surface area contributed by atoms with E-state index in [1.807, 2.05) is 13.0 Å². The van der Waals surface area contributed by atoms with Gasteiger partial charge in [0.05, 0.1) is 17.4 Å². The van der Waals surface area contributed by atoms with Gasteiger partial charge in [0.25, 0.3) is 0 Å². The molecule has 0 bridgehead atoms. The second kappa shape index (κ2) is 5.07. The van der Waals surface area contributed by atoms with Crippen molar-refractivity contribution in [1.29, 1.82) is 0 Å². The van der Waals surface area contributed by atoms with E-state index in [1.54, 1.807) is 12.5 Å². The van der Waals surface area contributed by atoms with Crippen LogP contribution in [0, 0.1) is 0 Å². The summed E-state index contributed by atoms with van der Waals surface area (Å²) in [4.78, 5) is 11.2. The van der Waals surface area contributed by atoms with Crippen molar-refractivity contribution >= 4 is 21.8 Å². The van der Waals surface area contributed by atoms with Crippen LogP contribution in [-0.2, 0) is 11.3 Å². The number of rotatable bonds is 4. The van der Waals surface area contributed by atoms with Crippen LogP contribution in [-0.4, -0.2) is 10.7 Å². The first kappa shape index (κ1) is 10.3. The van der Waals surface area contributed by atoms with Gasteiger partial charge in [-0.05, 0) is 12.5 Å². The zero-order chi connectivity index (χ0) is 9.68. The van der Waals surface area contributed by atoms with Crippen LogP contribution in [0.2, 0.25) is 0 Å². The van der Waals surface area contributed by atoms with E-state index in [0.29, 0.717) is 6.54 Å². The molecular weight excluding hydrogens is 234 g/mol. The van der Waals surface area contributed by atoms with Crippen LogP contribution >= 0.6 is 15.9 Å². The quantitative estimate of drug-likeness (QED) is 0.826. The van der Waals surface area contributed by atoms with Crippen molar-refractivity contribution in [3.63, 3.8) is 0 Å². The highest BCUT2D eigenvalue weighted by Gasteiger charge is 2.11. The van der Waals surface area contributed by atoms with Crippen molar-refractivity contribution in [2.45, 2.75) is 24.7 Å². The van der Waals surface area contributed by atoms with E-state index in [-0.39, 0.29) is 10.7 Å². The van der Waals surface area contributed by atoms with Gasteiger partial charge >= 0.3 is 0 Å². The van der Waals surface area contributed by atoms with E-state index in [2.05, 4.69) is 21.2 Å².